The van der Waals surface area contributed by atoms with Crippen molar-refractivity contribution in [2.45, 2.75) is 25.2 Å². The summed E-state index contributed by atoms with van der Waals surface area (Å²) >= 11 is 0. The third kappa shape index (κ3) is 6.07. The first-order valence-corrected chi connectivity index (χ1v) is 4.52. The van der Waals surface area contributed by atoms with Gasteiger partial charge in [0, 0.05) is 6.54 Å². The number of carboxylic acids is 2. The molecule has 100 valence electrons. The van der Waals surface area contributed by atoms with Crippen LogP contribution in [0.25, 0.3) is 0 Å². The van der Waals surface area contributed by atoms with Crippen LogP contribution in [0.1, 0.15) is 6.92 Å². The number of rotatable bonds is 1. The minimum atomic E-state index is -5.19. The second-order valence-electron chi connectivity index (χ2n) is 3.13. The van der Waals surface area contributed by atoms with Crippen LogP contribution in [0.3, 0.4) is 0 Å². The van der Waals surface area contributed by atoms with Gasteiger partial charge in [0.1, 0.15) is 12.0 Å². The lowest BCUT2D eigenvalue weighted by atomic mass is 10.1. The van der Waals surface area contributed by atoms with E-state index in [1.807, 2.05) is 0 Å². The molecule has 0 spiro atoms. The summed E-state index contributed by atoms with van der Waals surface area (Å²) in [5.41, 5.74) is 0. The normalized spacial score (nSPS) is 24.5. The average Bonchev–Trinajstić information content (AvgIpc) is 2.17. The second-order valence-corrected chi connectivity index (χ2v) is 3.13. The zero-order valence-corrected chi connectivity index (χ0v) is 8.78. The molecule has 0 amide bonds. The Kier molecular flexibility index (Phi) is 5.89. The van der Waals surface area contributed by atoms with Crippen LogP contribution in [0.2, 0.25) is 0 Å². The molecule has 6 nitrogen and oxygen atoms in total. The summed E-state index contributed by atoms with van der Waals surface area (Å²) in [7, 11) is 0. The molecule has 0 radical (unpaired) electrons. The molecule has 1 aliphatic rings. The smallest absolute Gasteiger partial charge is 0.430 e. The highest BCUT2D eigenvalue weighted by Gasteiger charge is 2.29. The molecule has 1 rings (SSSR count). The number of halogens is 3. The third-order valence-corrected chi connectivity index (χ3v) is 1.81. The summed E-state index contributed by atoms with van der Waals surface area (Å²) in [5.74, 6) is -3.85. The van der Waals surface area contributed by atoms with E-state index in [4.69, 9.17) is 19.7 Å². The molecule has 0 saturated carbocycles. The second kappa shape index (κ2) is 6.40. The largest absolute Gasteiger partial charge is 0.542 e. The van der Waals surface area contributed by atoms with Crippen LogP contribution in [-0.4, -0.2) is 48.5 Å². The number of carbonyl (C=O) groups is 2. The lowest BCUT2D eigenvalue weighted by Gasteiger charge is -2.26. The SMILES string of the molecule is C[C@@H]1OCCN[C@H]1C(=O)O.O=C([O-])C(F)(F)F. The molecule has 1 aliphatic heterocycles. The number of morpholine rings is 1. The van der Waals surface area contributed by atoms with Crippen molar-refractivity contribution in [3.8, 4) is 0 Å². The number of carboxylic acid groups (broad SMARTS) is 2. The first-order valence-electron chi connectivity index (χ1n) is 4.52. The van der Waals surface area contributed by atoms with Crippen molar-refractivity contribution in [1.82, 2.24) is 5.32 Å². The van der Waals surface area contributed by atoms with Gasteiger partial charge in [0.05, 0.1) is 12.7 Å². The number of carbonyl (C=O) groups excluding carboxylic acids is 1. The van der Waals surface area contributed by atoms with Crippen molar-refractivity contribution in [1.29, 1.82) is 0 Å². The van der Waals surface area contributed by atoms with Crippen molar-refractivity contribution in [2.24, 2.45) is 0 Å². The molecule has 2 atom stereocenters. The minimum absolute atomic E-state index is 0.216. The number of nitrogens with one attached hydrogen (secondary N) is 1. The number of ether oxygens (including phenoxy) is 1. The zero-order valence-electron chi connectivity index (χ0n) is 8.78. The highest BCUT2D eigenvalue weighted by Crippen LogP contribution is 2.11. The Balaban J connectivity index is 0.000000325. The van der Waals surface area contributed by atoms with Crippen molar-refractivity contribution in [3.63, 3.8) is 0 Å². The predicted molar refractivity (Wildman–Crippen MR) is 45.9 cm³/mol. The first kappa shape index (κ1) is 15.7. The van der Waals surface area contributed by atoms with Gasteiger partial charge in [-0.1, -0.05) is 0 Å². The monoisotopic (exact) mass is 258 g/mol. The molecule has 0 bridgehead atoms. The summed E-state index contributed by atoms with van der Waals surface area (Å²) in [6, 6.07) is -0.534. The average molecular weight is 258 g/mol. The Labute approximate surface area is 94.4 Å². The molecule has 0 aromatic carbocycles. The van der Waals surface area contributed by atoms with E-state index in [0.29, 0.717) is 13.2 Å². The van der Waals surface area contributed by atoms with E-state index in [1.165, 1.54) is 0 Å². The van der Waals surface area contributed by atoms with E-state index in [1.54, 1.807) is 6.92 Å². The van der Waals surface area contributed by atoms with Gasteiger partial charge < -0.3 is 19.7 Å². The summed E-state index contributed by atoms with van der Waals surface area (Å²) in [5, 5.41) is 20.2. The Bertz CT molecular complexity index is 281. The Morgan fingerprint density at radius 2 is 1.94 bits per heavy atom. The maximum Gasteiger partial charge on any atom is 0.430 e. The highest BCUT2D eigenvalue weighted by atomic mass is 19.4. The van der Waals surface area contributed by atoms with Crippen molar-refractivity contribution < 1.29 is 37.7 Å². The van der Waals surface area contributed by atoms with Gasteiger partial charge in [0.2, 0.25) is 0 Å². The van der Waals surface area contributed by atoms with Crippen LogP contribution < -0.4 is 10.4 Å². The Morgan fingerprint density at radius 3 is 2.18 bits per heavy atom. The van der Waals surface area contributed by atoms with E-state index < -0.39 is 24.2 Å². The highest BCUT2D eigenvalue weighted by molar-refractivity contribution is 5.74. The van der Waals surface area contributed by atoms with Crippen LogP contribution in [0.15, 0.2) is 0 Å². The molecule has 1 fully saturated rings. The van der Waals surface area contributed by atoms with E-state index >= 15 is 0 Å². The topological polar surface area (TPSA) is 98.7 Å². The predicted octanol–water partition coefficient (Wildman–Crippen LogP) is -1.25. The van der Waals surface area contributed by atoms with E-state index in [9.17, 15) is 18.0 Å². The summed E-state index contributed by atoms with van der Waals surface area (Å²) in [6.07, 6.45) is -5.41. The molecule has 2 N–H and O–H groups in total. The maximum atomic E-state index is 10.5. The fraction of sp³-hybridized carbons (Fsp3) is 0.750. The summed E-state index contributed by atoms with van der Waals surface area (Å²) < 4.78 is 36.7. The molecule has 1 heterocycles. The molecule has 0 aromatic heterocycles. The fourth-order valence-corrected chi connectivity index (χ4v) is 1.01. The lowest BCUT2D eigenvalue weighted by Crippen LogP contribution is -2.51. The molecule has 0 unspecified atom stereocenters. The third-order valence-electron chi connectivity index (χ3n) is 1.81. The maximum absolute atomic E-state index is 10.5. The van der Waals surface area contributed by atoms with Crippen molar-refractivity contribution in [2.75, 3.05) is 13.2 Å². The standard InChI is InChI=1S/C6H11NO3.C2HF3O2/c1-4-5(6(8)9)7-2-3-10-4;3-2(4,5)1(6)7/h4-5,7H,2-3H2,1H3,(H,8,9);(H,6,7)/p-1/t4-,5+;/m0./s1. The number of alkyl halides is 3. The quantitative estimate of drug-likeness (QED) is 0.609. The van der Waals surface area contributed by atoms with Gasteiger partial charge in [-0.3, -0.25) is 10.1 Å². The molecule has 0 aromatic rings. The number of hydrogen-bond donors (Lipinski definition) is 2. The summed E-state index contributed by atoms with van der Waals surface area (Å²) in [4.78, 5) is 19.2. The fourth-order valence-electron chi connectivity index (χ4n) is 1.01. The van der Waals surface area contributed by atoms with Gasteiger partial charge in [-0.05, 0) is 6.92 Å². The van der Waals surface area contributed by atoms with Crippen LogP contribution in [-0.2, 0) is 14.3 Å². The minimum Gasteiger partial charge on any atom is -0.542 e. The molecular formula is C8H11F3NO5-. The van der Waals surface area contributed by atoms with Crippen LogP contribution in [0.5, 0.6) is 0 Å². The Hall–Kier alpha value is -1.35. The van der Waals surface area contributed by atoms with Gasteiger partial charge in [-0.2, -0.15) is 13.2 Å². The molecule has 17 heavy (non-hydrogen) atoms. The van der Waals surface area contributed by atoms with Crippen LogP contribution in [0, 0.1) is 0 Å². The molecule has 9 heteroatoms. The summed E-state index contributed by atoms with van der Waals surface area (Å²) in [6.45, 7) is 2.98. The van der Waals surface area contributed by atoms with E-state index in [-0.39, 0.29) is 6.10 Å². The van der Waals surface area contributed by atoms with E-state index in [2.05, 4.69) is 5.32 Å². The zero-order chi connectivity index (χ0) is 13.6. The van der Waals surface area contributed by atoms with Crippen LogP contribution >= 0.6 is 0 Å². The number of aliphatic carboxylic acids is 2. The van der Waals surface area contributed by atoms with Gasteiger partial charge in [-0.15, -0.1) is 0 Å². The van der Waals surface area contributed by atoms with Crippen LogP contribution in [0.4, 0.5) is 13.2 Å². The van der Waals surface area contributed by atoms with Gasteiger partial charge >= 0.3 is 12.1 Å². The number of hydrogen-bond acceptors (Lipinski definition) is 5. The van der Waals surface area contributed by atoms with Gasteiger partial charge in [0.15, 0.2) is 0 Å². The molecule has 0 aliphatic carbocycles. The lowest BCUT2D eigenvalue weighted by molar-refractivity contribution is -0.344. The van der Waals surface area contributed by atoms with E-state index in [0.717, 1.165) is 0 Å². The van der Waals surface area contributed by atoms with Gasteiger partial charge in [0.25, 0.3) is 0 Å². The van der Waals surface area contributed by atoms with Crippen molar-refractivity contribution >= 4 is 11.9 Å². The molecule has 1 saturated heterocycles. The first-order chi connectivity index (χ1) is 7.66. The van der Waals surface area contributed by atoms with Crippen molar-refractivity contribution in [3.05, 3.63) is 0 Å². The van der Waals surface area contributed by atoms with Gasteiger partial charge in [-0.25, -0.2) is 0 Å². The molecular weight excluding hydrogens is 247 g/mol. The Morgan fingerprint density at radius 1 is 1.47 bits per heavy atom.